The third kappa shape index (κ3) is 4.39. The highest BCUT2D eigenvalue weighted by Gasteiger charge is 2.09. The largest absolute Gasteiger partial charge is 0.481 e. The average Bonchev–Trinajstić information content (AvgIpc) is 2.15. The van der Waals surface area contributed by atoms with Crippen molar-refractivity contribution in [3.05, 3.63) is 35.9 Å². The van der Waals surface area contributed by atoms with E-state index in [1.165, 1.54) is 0 Å². The zero-order valence-electron chi connectivity index (χ0n) is 7.52. The number of benzene rings is 1. The van der Waals surface area contributed by atoms with Crippen LogP contribution in [0.4, 0.5) is 0 Å². The number of ether oxygens (including phenoxy) is 1. The summed E-state index contributed by atoms with van der Waals surface area (Å²) in [5.74, 6) is -0.875. The normalized spacial score (nSPS) is 12.4. The molecule has 0 saturated carbocycles. The first kappa shape index (κ1) is 11.2. The van der Waals surface area contributed by atoms with E-state index in [0.717, 1.165) is 5.56 Å². The number of carbonyl (C=O) groups is 1. The Morgan fingerprint density at radius 1 is 1.43 bits per heavy atom. The van der Waals surface area contributed by atoms with Gasteiger partial charge in [0.15, 0.2) is 0 Å². The van der Waals surface area contributed by atoms with Crippen molar-refractivity contribution in [3.63, 3.8) is 0 Å². The number of rotatable bonds is 5. The number of aliphatic carboxylic acids is 1. The summed E-state index contributed by atoms with van der Waals surface area (Å²) in [5.41, 5.74) is 1.03. The molecule has 1 aromatic rings. The molecule has 1 rings (SSSR count). The molecule has 0 fully saturated rings. The smallest absolute Gasteiger partial charge is 0.306 e. The van der Waals surface area contributed by atoms with E-state index < -0.39 is 11.0 Å². The summed E-state index contributed by atoms with van der Waals surface area (Å²) in [6.07, 6.45) is -0.0349. The minimum absolute atomic E-state index is 0.0349. The lowest BCUT2D eigenvalue weighted by atomic mass is 10.2. The number of carboxylic acid groups (broad SMARTS) is 1. The van der Waals surface area contributed by atoms with Crippen LogP contribution in [0, 0.1) is 0 Å². The molecule has 76 valence electrons. The second-order valence-corrected chi connectivity index (χ2v) is 3.83. The first-order chi connectivity index (χ1) is 6.68. The average molecular weight is 259 g/mol. The van der Waals surface area contributed by atoms with Gasteiger partial charge in [0.2, 0.25) is 0 Å². The standard InChI is InChI=1S/C10H11BrO3/c11-9(6-10(12)13)14-7-8-4-2-1-3-5-8/h1-5,9H,6-7H2,(H,12,13). The van der Waals surface area contributed by atoms with Gasteiger partial charge in [-0.25, -0.2) is 0 Å². The second-order valence-electron chi connectivity index (χ2n) is 2.80. The minimum Gasteiger partial charge on any atom is -0.481 e. The van der Waals surface area contributed by atoms with Crippen LogP contribution >= 0.6 is 15.9 Å². The molecule has 0 aromatic heterocycles. The Balaban J connectivity index is 2.30. The van der Waals surface area contributed by atoms with Gasteiger partial charge in [-0.1, -0.05) is 46.3 Å². The van der Waals surface area contributed by atoms with E-state index >= 15 is 0 Å². The van der Waals surface area contributed by atoms with E-state index in [9.17, 15) is 4.79 Å². The van der Waals surface area contributed by atoms with Crippen molar-refractivity contribution in [3.8, 4) is 0 Å². The number of carboxylic acids is 1. The van der Waals surface area contributed by atoms with Crippen molar-refractivity contribution in [1.82, 2.24) is 0 Å². The molecular formula is C10H11BrO3. The maximum atomic E-state index is 10.3. The summed E-state index contributed by atoms with van der Waals surface area (Å²) in [6, 6.07) is 9.62. The number of hydrogen-bond donors (Lipinski definition) is 1. The van der Waals surface area contributed by atoms with Gasteiger partial charge < -0.3 is 9.84 Å². The van der Waals surface area contributed by atoms with E-state index in [2.05, 4.69) is 15.9 Å². The number of hydrogen-bond acceptors (Lipinski definition) is 2. The summed E-state index contributed by atoms with van der Waals surface area (Å²) < 4.78 is 5.27. The van der Waals surface area contributed by atoms with Crippen LogP contribution in [0.3, 0.4) is 0 Å². The highest BCUT2D eigenvalue weighted by atomic mass is 79.9. The van der Waals surface area contributed by atoms with E-state index in [-0.39, 0.29) is 6.42 Å². The monoisotopic (exact) mass is 258 g/mol. The lowest BCUT2D eigenvalue weighted by Gasteiger charge is -2.08. The molecule has 1 atom stereocenters. The van der Waals surface area contributed by atoms with Crippen LogP contribution in [-0.4, -0.2) is 16.1 Å². The molecule has 3 nitrogen and oxygen atoms in total. The quantitative estimate of drug-likeness (QED) is 0.826. The molecule has 1 aromatic carbocycles. The molecule has 0 radical (unpaired) electrons. The molecule has 0 spiro atoms. The molecular weight excluding hydrogens is 248 g/mol. The molecule has 4 heteroatoms. The van der Waals surface area contributed by atoms with Gasteiger partial charge in [0.1, 0.15) is 5.01 Å². The SMILES string of the molecule is O=C(O)CC(Br)OCc1ccccc1. The highest BCUT2D eigenvalue weighted by molar-refractivity contribution is 9.09. The van der Waals surface area contributed by atoms with Crippen molar-refractivity contribution in [2.75, 3.05) is 0 Å². The fourth-order valence-corrected chi connectivity index (χ4v) is 1.37. The van der Waals surface area contributed by atoms with Crippen LogP contribution in [0.25, 0.3) is 0 Å². The fourth-order valence-electron chi connectivity index (χ4n) is 0.957. The van der Waals surface area contributed by atoms with Gasteiger partial charge in [-0.05, 0) is 5.56 Å². The van der Waals surface area contributed by atoms with Crippen molar-refractivity contribution in [1.29, 1.82) is 0 Å². The zero-order chi connectivity index (χ0) is 10.4. The Kier molecular flexibility index (Phi) is 4.62. The number of halogens is 1. The minimum atomic E-state index is -0.875. The van der Waals surface area contributed by atoms with Crippen LogP contribution in [0.1, 0.15) is 12.0 Å². The highest BCUT2D eigenvalue weighted by Crippen LogP contribution is 2.10. The van der Waals surface area contributed by atoms with Crippen molar-refractivity contribution in [2.24, 2.45) is 0 Å². The van der Waals surface area contributed by atoms with Gasteiger partial charge in [0.05, 0.1) is 13.0 Å². The van der Waals surface area contributed by atoms with Gasteiger partial charge in [-0.15, -0.1) is 0 Å². The lowest BCUT2D eigenvalue weighted by Crippen LogP contribution is -2.10. The van der Waals surface area contributed by atoms with Crippen LogP contribution in [0.2, 0.25) is 0 Å². The summed E-state index contributed by atoms with van der Waals surface area (Å²) in [4.78, 5) is 10.3. The van der Waals surface area contributed by atoms with Gasteiger partial charge >= 0.3 is 5.97 Å². The van der Waals surface area contributed by atoms with Crippen LogP contribution in [-0.2, 0) is 16.1 Å². The van der Waals surface area contributed by atoms with Gasteiger partial charge in [-0.3, -0.25) is 4.79 Å². The Bertz CT molecular complexity index is 287. The maximum absolute atomic E-state index is 10.3. The topological polar surface area (TPSA) is 46.5 Å². The summed E-state index contributed by atoms with van der Waals surface area (Å²) >= 11 is 3.13. The van der Waals surface area contributed by atoms with Gasteiger partial charge in [-0.2, -0.15) is 0 Å². The zero-order valence-corrected chi connectivity index (χ0v) is 9.11. The molecule has 1 unspecified atom stereocenters. The van der Waals surface area contributed by atoms with Crippen molar-refractivity contribution in [2.45, 2.75) is 18.0 Å². The molecule has 0 bridgehead atoms. The second kappa shape index (κ2) is 5.78. The van der Waals surface area contributed by atoms with Gasteiger partial charge in [0.25, 0.3) is 0 Å². The molecule has 0 heterocycles. The molecule has 0 aliphatic rings. The first-order valence-corrected chi connectivity index (χ1v) is 5.11. The molecule has 1 N–H and O–H groups in total. The first-order valence-electron chi connectivity index (χ1n) is 4.20. The predicted octanol–water partition coefficient (Wildman–Crippen LogP) is 2.40. The third-order valence-electron chi connectivity index (χ3n) is 1.61. The maximum Gasteiger partial charge on any atom is 0.306 e. The van der Waals surface area contributed by atoms with Crippen LogP contribution in [0.5, 0.6) is 0 Å². The van der Waals surface area contributed by atoms with Crippen LogP contribution < -0.4 is 0 Å². The van der Waals surface area contributed by atoms with Crippen molar-refractivity contribution >= 4 is 21.9 Å². The van der Waals surface area contributed by atoms with E-state index in [1.807, 2.05) is 30.3 Å². The third-order valence-corrected chi connectivity index (χ3v) is 2.20. The molecule has 14 heavy (non-hydrogen) atoms. The number of alkyl halides is 1. The summed E-state index contributed by atoms with van der Waals surface area (Å²) in [7, 11) is 0. The Hall–Kier alpha value is -0.870. The Labute approximate surface area is 90.8 Å². The molecule has 0 aliphatic carbocycles. The van der Waals surface area contributed by atoms with Crippen LogP contribution in [0.15, 0.2) is 30.3 Å². The summed E-state index contributed by atoms with van der Waals surface area (Å²) in [6.45, 7) is 0.421. The van der Waals surface area contributed by atoms with E-state index in [4.69, 9.17) is 9.84 Å². The Morgan fingerprint density at radius 2 is 2.07 bits per heavy atom. The molecule has 0 amide bonds. The lowest BCUT2D eigenvalue weighted by molar-refractivity contribution is -0.138. The van der Waals surface area contributed by atoms with Crippen molar-refractivity contribution < 1.29 is 14.6 Å². The molecule has 0 saturated heterocycles. The summed E-state index contributed by atoms with van der Waals surface area (Å²) in [5, 5.41) is 8.04. The molecule has 0 aliphatic heterocycles. The Morgan fingerprint density at radius 3 is 2.64 bits per heavy atom. The predicted molar refractivity (Wildman–Crippen MR) is 56.2 cm³/mol. The van der Waals surface area contributed by atoms with E-state index in [1.54, 1.807) is 0 Å². The van der Waals surface area contributed by atoms with E-state index in [0.29, 0.717) is 6.61 Å². The van der Waals surface area contributed by atoms with Gasteiger partial charge in [0, 0.05) is 0 Å². The fraction of sp³-hybridized carbons (Fsp3) is 0.300.